The molecule has 0 spiro atoms. The summed E-state index contributed by atoms with van der Waals surface area (Å²) < 4.78 is 0. The number of carbonyl (C=O) groups is 1. The summed E-state index contributed by atoms with van der Waals surface area (Å²) in [7, 11) is 0. The number of aliphatic hydroxyl groups is 1. The van der Waals surface area contributed by atoms with Gasteiger partial charge >= 0.3 is 0 Å². The van der Waals surface area contributed by atoms with E-state index in [2.05, 4.69) is 10.2 Å². The van der Waals surface area contributed by atoms with Crippen LogP contribution in [0.25, 0.3) is 0 Å². The molecular weight excluding hydrogens is 284 g/mol. The standard InChI is InChI=1S/C16H24N2O2S/c1-13(14-5-3-2-4-6-14)17-16(20)11-18-8-10-21-12-15(18)7-9-19/h2-6,13,15,19H,7-12H2,1H3,(H,17,20)/t13-,15+/m1/s1. The van der Waals surface area contributed by atoms with Gasteiger partial charge in [0.25, 0.3) is 0 Å². The van der Waals surface area contributed by atoms with E-state index in [4.69, 9.17) is 5.11 Å². The highest BCUT2D eigenvalue weighted by molar-refractivity contribution is 7.99. The monoisotopic (exact) mass is 308 g/mol. The first kappa shape index (κ1) is 16.3. The van der Waals surface area contributed by atoms with Crippen molar-refractivity contribution in [1.29, 1.82) is 0 Å². The summed E-state index contributed by atoms with van der Waals surface area (Å²) in [6, 6.07) is 10.3. The van der Waals surface area contributed by atoms with Crippen LogP contribution in [0.3, 0.4) is 0 Å². The van der Waals surface area contributed by atoms with Crippen LogP contribution in [-0.2, 0) is 4.79 Å². The molecular formula is C16H24N2O2S. The van der Waals surface area contributed by atoms with E-state index in [0.717, 1.165) is 30.0 Å². The summed E-state index contributed by atoms with van der Waals surface area (Å²) in [4.78, 5) is 14.4. The van der Waals surface area contributed by atoms with Gasteiger partial charge in [-0.05, 0) is 18.9 Å². The third-order valence-corrected chi connectivity index (χ3v) is 4.93. The summed E-state index contributed by atoms with van der Waals surface area (Å²) in [6.45, 7) is 3.53. The number of thioether (sulfide) groups is 1. The summed E-state index contributed by atoms with van der Waals surface area (Å²) in [6.07, 6.45) is 0.745. The summed E-state index contributed by atoms with van der Waals surface area (Å²) in [5, 5.41) is 12.2. The first-order chi connectivity index (χ1) is 10.2. The fraction of sp³-hybridized carbons (Fsp3) is 0.562. The largest absolute Gasteiger partial charge is 0.396 e. The van der Waals surface area contributed by atoms with Gasteiger partial charge in [0.15, 0.2) is 0 Å². The average Bonchev–Trinajstić information content (AvgIpc) is 2.50. The maximum absolute atomic E-state index is 12.2. The molecule has 1 aromatic carbocycles. The molecule has 2 rings (SSSR count). The number of nitrogens with zero attached hydrogens (tertiary/aromatic N) is 1. The molecule has 2 atom stereocenters. The van der Waals surface area contributed by atoms with Gasteiger partial charge in [0.2, 0.25) is 5.91 Å². The summed E-state index contributed by atoms with van der Waals surface area (Å²) in [5.74, 6) is 2.12. The van der Waals surface area contributed by atoms with Crippen LogP contribution in [-0.4, -0.2) is 53.2 Å². The zero-order chi connectivity index (χ0) is 15.1. The molecule has 1 aliphatic rings. The predicted molar refractivity (Wildman–Crippen MR) is 87.4 cm³/mol. The van der Waals surface area contributed by atoms with E-state index < -0.39 is 0 Å². The van der Waals surface area contributed by atoms with Gasteiger partial charge in [-0.25, -0.2) is 0 Å². The van der Waals surface area contributed by atoms with Crippen molar-refractivity contribution in [2.45, 2.75) is 25.4 Å². The lowest BCUT2D eigenvalue weighted by Crippen LogP contribution is -2.48. The Morgan fingerprint density at radius 3 is 2.95 bits per heavy atom. The second-order valence-electron chi connectivity index (χ2n) is 5.41. The van der Waals surface area contributed by atoms with E-state index in [1.807, 2.05) is 49.0 Å². The summed E-state index contributed by atoms with van der Waals surface area (Å²) in [5.41, 5.74) is 1.12. The molecule has 0 bridgehead atoms. The Morgan fingerprint density at radius 2 is 2.24 bits per heavy atom. The van der Waals surface area contributed by atoms with Gasteiger partial charge < -0.3 is 10.4 Å². The molecule has 1 aromatic rings. The molecule has 1 heterocycles. The lowest BCUT2D eigenvalue weighted by molar-refractivity contribution is -0.123. The molecule has 5 heteroatoms. The van der Waals surface area contributed by atoms with Crippen molar-refractivity contribution in [2.75, 3.05) is 31.2 Å². The van der Waals surface area contributed by atoms with Crippen LogP contribution in [0.15, 0.2) is 30.3 Å². The number of benzene rings is 1. The average molecular weight is 308 g/mol. The lowest BCUT2D eigenvalue weighted by atomic mass is 10.1. The van der Waals surface area contributed by atoms with Crippen LogP contribution in [0, 0.1) is 0 Å². The number of hydrogen-bond donors (Lipinski definition) is 2. The topological polar surface area (TPSA) is 52.6 Å². The van der Waals surface area contributed by atoms with E-state index in [1.165, 1.54) is 0 Å². The zero-order valence-electron chi connectivity index (χ0n) is 12.5. The van der Waals surface area contributed by atoms with Crippen molar-refractivity contribution in [3.05, 3.63) is 35.9 Å². The van der Waals surface area contributed by atoms with Gasteiger partial charge in [-0.2, -0.15) is 11.8 Å². The fourth-order valence-corrected chi connectivity index (χ4v) is 3.79. The second-order valence-corrected chi connectivity index (χ2v) is 6.56. The van der Waals surface area contributed by atoms with Crippen molar-refractivity contribution in [3.63, 3.8) is 0 Å². The Balaban J connectivity index is 1.85. The molecule has 116 valence electrons. The molecule has 0 aliphatic carbocycles. The highest BCUT2D eigenvalue weighted by Gasteiger charge is 2.24. The molecule has 1 fully saturated rings. The van der Waals surface area contributed by atoms with Crippen LogP contribution in [0.4, 0.5) is 0 Å². The highest BCUT2D eigenvalue weighted by atomic mass is 32.2. The zero-order valence-corrected chi connectivity index (χ0v) is 13.3. The minimum atomic E-state index is 0.0224. The molecule has 0 saturated carbocycles. The molecule has 1 aliphatic heterocycles. The molecule has 4 nitrogen and oxygen atoms in total. The smallest absolute Gasteiger partial charge is 0.234 e. The van der Waals surface area contributed by atoms with E-state index in [-0.39, 0.29) is 18.6 Å². The lowest BCUT2D eigenvalue weighted by Gasteiger charge is -2.34. The number of carbonyl (C=O) groups excluding carboxylic acids is 1. The van der Waals surface area contributed by atoms with Gasteiger partial charge in [0, 0.05) is 30.7 Å². The number of amides is 1. The van der Waals surface area contributed by atoms with Gasteiger partial charge in [0.05, 0.1) is 12.6 Å². The predicted octanol–water partition coefficient (Wildman–Crippen LogP) is 1.66. The van der Waals surface area contributed by atoms with Crippen molar-refractivity contribution >= 4 is 17.7 Å². The molecule has 2 N–H and O–H groups in total. The Bertz CT molecular complexity index is 439. The number of nitrogens with one attached hydrogen (secondary N) is 1. The van der Waals surface area contributed by atoms with Gasteiger partial charge in [0.1, 0.15) is 0 Å². The molecule has 1 saturated heterocycles. The first-order valence-corrected chi connectivity index (χ1v) is 8.63. The molecule has 0 aromatic heterocycles. The maximum atomic E-state index is 12.2. The van der Waals surface area contributed by atoms with E-state index in [1.54, 1.807) is 0 Å². The molecule has 1 amide bonds. The SMILES string of the molecule is C[C@@H](NC(=O)CN1CCSC[C@@H]1CCO)c1ccccc1. The Hall–Kier alpha value is -1.04. The van der Waals surface area contributed by atoms with E-state index >= 15 is 0 Å². The summed E-state index contributed by atoms with van der Waals surface area (Å²) >= 11 is 1.90. The second kappa shape index (κ2) is 8.41. The van der Waals surface area contributed by atoms with Crippen molar-refractivity contribution in [2.24, 2.45) is 0 Å². The number of aliphatic hydroxyl groups excluding tert-OH is 1. The third kappa shape index (κ3) is 5.02. The van der Waals surface area contributed by atoms with Crippen LogP contribution in [0.1, 0.15) is 24.9 Å². The number of rotatable bonds is 6. The highest BCUT2D eigenvalue weighted by Crippen LogP contribution is 2.18. The van der Waals surface area contributed by atoms with Gasteiger partial charge in [-0.15, -0.1) is 0 Å². The Labute approximate surface area is 130 Å². The maximum Gasteiger partial charge on any atom is 0.234 e. The van der Waals surface area contributed by atoms with Gasteiger partial charge in [-0.1, -0.05) is 30.3 Å². The normalized spacial score (nSPS) is 21.0. The number of hydrogen-bond acceptors (Lipinski definition) is 4. The quantitative estimate of drug-likeness (QED) is 0.839. The first-order valence-electron chi connectivity index (χ1n) is 7.47. The van der Waals surface area contributed by atoms with Crippen LogP contribution < -0.4 is 5.32 Å². The minimum absolute atomic E-state index is 0.0224. The molecule has 0 radical (unpaired) electrons. The van der Waals surface area contributed by atoms with Crippen LogP contribution in [0.5, 0.6) is 0 Å². The minimum Gasteiger partial charge on any atom is -0.396 e. The Morgan fingerprint density at radius 1 is 1.48 bits per heavy atom. The molecule has 0 unspecified atom stereocenters. The van der Waals surface area contributed by atoms with E-state index in [9.17, 15) is 4.79 Å². The fourth-order valence-electron chi connectivity index (χ4n) is 2.61. The van der Waals surface area contributed by atoms with E-state index in [0.29, 0.717) is 12.6 Å². The van der Waals surface area contributed by atoms with Crippen molar-refractivity contribution in [1.82, 2.24) is 10.2 Å². The van der Waals surface area contributed by atoms with Crippen LogP contribution >= 0.6 is 11.8 Å². The van der Waals surface area contributed by atoms with Crippen LogP contribution in [0.2, 0.25) is 0 Å². The van der Waals surface area contributed by atoms with Crippen molar-refractivity contribution in [3.8, 4) is 0 Å². The van der Waals surface area contributed by atoms with Crippen molar-refractivity contribution < 1.29 is 9.90 Å². The molecule has 21 heavy (non-hydrogen) atoms. The Kier molecular flexibility index (Phi) is 6.54. The van der Waals surface area contributed by atoms with Gasteiger partial charge in [-0.3, -0.25) is 9.69 Å². The third-order valence-electron chi connectivity index (χ3n) is 3.84.